The van der Waals surface area contributed by atoms with Gasteiger partial charge in [-0.15, -0.1) is 0 Å². The summed E-state index contributed by atoms with van der Waals surface area (Å²) in [7, 11) is 0. The first-order valence-electron chi connectivity index (χ1n) is 24.9. The molecule has 0 radical (unpaired) electrons. The molecule has 0 aliphatic heterocycles. The zero-order chi connectivity index (χ0) is 46.3. The highest BCUT2D eigenvalue weighted by Gasteiger charge is 2.36. The maximum Gasteiger partial charge on any atom is 0.0488 e. The van der Waals surface area contributed by atoms with Crippen molar-refractivity contribution in [2.45, 2.75) is 57.3 Å². The zero-order valence-electron chi connectivity index (χ0n) is 39.5. The predicted molar refractivity (Wildman–Crippen MR) is 293 cm³/mol. The predicted octanol–water partition coefficient (Wildman–Crippen LogP) is 19.1. The van der Waals surface area contributed by atoms with Crippen LogP contribution in [0.4, 0.5) is 34.1 Å². The molecule has 2 nitrogen and oxygen atoms in total. The van der Waals surface area contributed by atoms with Crippen molar-refractivity contribution < 1.29 is 0 Å². The molecule has 0 N–H and O–H groups in total. The molecule has 0 heterocycles. The molecule has 0 amide bonds. The van der Waals surface area contributed by atoms with Crippen LogP contribution in [0.3, 0.4) is 0 Å². The molecule has 12 rings (SSSR count). The van der Waals surface area contributed by atoms with Crippen LogP contribution in [0.1, 0.15) is 68.6 Å². The number of hydrogen-bond donors (Lipinski definition) is 0. The van der Waals surface area contributed by atoms with Crippen molar-refractivity contribution in [3.63, 3.8) is 0 Å². The molecule has 2 aliphatic carbocycles. The van der Waals surface area contributed by atoms with Crippen LogP contribution in [-0.2, 0) is 5.41 Å². The first-order valence-corrected chi connectivity index (χ1v) is 24.9. The molecule has 0 aromatic heterocycles. The Morgan fingerprint density at radius 2 is 0.841 bits per heavy atom. The highest BCUT2D eigenvalue weighted by atomic mass is 15.2. The number of fused-ring (bicyclic) bond motifs is 4. The number of rotatable bonds is 10. The van der Waals surface area contributed by atoms with Gasteiger partial charge in [-0.3, -0.25) is 0 Å². The second-order valence-electron chi connectivity index (χ2n) is 19.6. The van der Waals surface area contributed by atoms with Crippen molar-refractivity contribution in [3.05, 3.63) is 253 Å². The summed E-state index contributed by atoms with van der Waals surface area (Å²) in [5, 5.41) is 2.42. The van der Waals surface area contributed by atoms with E-state index in [2.05, 4.69) is 260 Å². The second kappa shape index (κ2) is 17.9. The van der Waals surface area contributed by atoms with Crippen LogP contribution in [-0.4, -0.2) is 0 Å². The molecular weight excluding hydrogens is 833 g/mol. The fraction of sp³-hybridized carbons (Fsp3) is 0.134. The van der Waals surface area contributed by atoms with Gasteiger partial charge in [-0.25, -0.2) is 0 Å². The molecule has 0 atom stereocenters. The maximum atomic E-state index is 2.52. The Bertz CT molecular complexity index is 3380. The van der Waals surface area contributed by atoms with Gasteiger partial charge < -0.3 is 9.80 Å². The van der Waals surface area contributed by atoms with Gasteiger partial charge in [-0.2, -0.15) is 0 Å². The number of nitrogens with zero attached hydrogens (tertiary/aromatic N) is 2. The van der Waals surface area contributed by atoms with Crippen molar-refractivity contribution in [2.24, 2.45) is 0 Å². The number of hydrogen-bond acceptors (Lipinski definition) is 2. The molecule has 2 heteroatoms. The number of benzene rings is 10. The fourth-order valence-corrected chi connectivity index (χ4v) is 11.5. The monoisotopic (exact) mass is 888 g/mol. The molecule has 0 bridgehead atoms. The first-order chi connectivity index (χ1) is 34.0. The van der Waals surface area contributed by atoms with E-state index in [1.807, 2.05) is 0 Å². The van der Waals surface area contributed by atoms with E-state index in [4.69, 9.17) is 0 Å². The van der Waals surface area contributed by atoms with Crippen LogP contribution in [0.25, 0.3) is 55.3 Å². The van der Waals surface area contributed by atoms with E-state index in [0.717, 1.165) is 39.7 Å². The van der Waals surface area contributed by atoms with Crippen LogP contribution in [0, 0.1) is 0 Å². The molecule has 0 spiro atoms. The van der Waals surface area contributed by atoms with Gasteiger partial charge in [0.1, 0.15) is 0 Å². The van der Waals surface area contributed by atoms with E-state index in [0.29, 0.717) is 5.92 Å². The highest BCUT2D eigenvalue weighted by molar-refractivity contribution is 5.99. The molecule has 10 aromatic rings. The van der Waals surface area contributed by atoms with Gasteiger partial charge in [-0.05, 0) is 157 Å². The summed E-state index contributed by atoms with van der Waals surface area (Å²) in [5.74, 6) is 0.614. The Labute approximate surface area is 407 Å². The van der Waals surface area contributed by atoms with E-state index in [-0.39, 0.29) is 5.41 Å². The van der Waals surface area contributed by atoms with Crippen LogP contribution >= 0.6 is 0 Å². The lowest BCUT2D eigenvalue weighted by Gasteiger charge is -2.32. The van der Waals surface area contributed by atoms with E-state index in [1.165, 1.54) is 98.5 Å². The van der Waals surface area contributed by atoms with E-state index < -0.39 is 0 Å². The topological polar surface area (TPSA) is 6.48 Å². The van der Waals surface area contributed by atoms with Crippen molar-refractivity contribution in [3.8, 4) is 44.5 Å². The lowest BCUT2D eigenvalue weighted by molar-refractivity contribution is 0.443. The minimum atomic E-state index is -0.162. The van der Waals surface area contributed by atoms with Gasteiger partial charge in [0.15, 0.2) is 0 Å². The summed E-state index contributed by atoms with van der Waals surface area (Å²) in [6.07, 6.45) is 6.50. The smallest absolute Gasteiger partial charge is 0.0488 e. The minimum Gasteiger partial charge on any atom is -0.310 e. The van der Waals surface area contributed by atoms with Crippen LogP contribution in [0.15, 0.2) is 237 Å². The van der Waals surface area contributed by atoms with E-state index in [9.17, 15) is 0 Å². The Hall–Kier alpha value is -7.94. The number of anilines is 6. The minimum absolute atomic E-state index is 0.162. The third kappa shape index (κ3) is 7.90. The van der Waals surface area contributed by atoms with Crippen molar-refractivity contribution >= 4 is 44.9 Å². The normalized spacial score (nSPS) is 14.0. The molecule has 69 heavy (non-hydrogen) atoms. The van der Waals surface area contributed by atoms with Gasteiger partial charge >= 0.3 is 0 Å². The molecule has 1 saturated carbocycles. The zero-order valence-corrected chi connectivity index (χ0v) is 39.5. The largest absolute Gasteiger partial charge is 0.310 e. The molecule has 0 unspecified atom stereocenters. The Morgan fingerprint density at radius 1 is 0.333 bits per heavy atom. The van der Waals surface area contributed by atoms with Crippen molar-refractivity contribution in [1.82, 2.24) is 0 Å². The summed E-state index contributed by atoms with van der Waals surface area (Å²) in [5.41, 5.74) is 20.4. The Morgan fingerprint density at radius 3 is 1.51 bits per heavy atom. The van der Waals surface area contributed by atoms with Crippen molar-refractivity contribution in [1.29, 1.82) is 0 Å². The highest BCUT2D eigenvalue weighted by Crippen LogP contribution is 2.52. The first kappa shape index (κ1) is 42.4. The van der Waals surface area contributed by atoms with Crippen LogP contribution in [0.5, 0.6) is 0 Å². The van der Waals surface area contributed by atoms with Crippen LogP contribution in [0.2, 0.25) is 0 Å². The fourth-order valence-electron chi connectivity index (χ4n) is 11.5. The Kier molecular flexibility index (Phi) is 11.0. The lowest BCUT2D eigenvalue weighted by Crippen LogP contribution is -2.17. The molecular formula is C67H56N2. The summed E-state index contributed by atoms with van der Waals surface area (Å²) >= 11 is 0. The summed E-state index contributed by atoms with van der Waals surface area (Å²) < 4.78 is 0. The van der Waals surface area contributed by atoms with Crippen LogP contribution < -0.4 is 9.80 Å². The number of para-hydroxylation sites is 1. The quantitative estimate of drug-likeness (QED) is 0.135. The Balaban J connectivity index is 1.15. The van der Waals surface area contributed by atoms with Crippen molar-refractivity contribution in [2.75, 3.05) is 9.80 Å². The van der Waals surface area contributed by atoms with Gasteiger partial charge in [-0.1, -0.05) is 203 Å². The van der Waals surface area contributed by atoms with E-state index >= 15 is 0 Å². The van der Waals surface area contributed by atoms with Gasteiger partial charge in [0.25, 0.3) is 0 Å². The summed E-state index contributed by atoms with van der Waals surface area (Å²) in [4.78, 5) is 4.97. The molecule has 10 aromatic carbocycles. The summed E-state index contributed by atoms with van der Waals surface area (Å²) in [6.45, 7) is 4.77. The molecule has 2 aliphatic rings. The maximum absolute atomic E-state index is 2.52. The molecule has 0 saturated heterocycles. The average Bonchev–Trinajstić information content (AvgIpc) is 3.64. The average molecular weight is 889 g/mol. The SMILES string of the molecule is CC1(C)c2ccccc2-c2ccc(N(c3ccc(C4CCCCC4)cc3)c3cc(-c4c(-c5ccccc5)cccc4-c4ccccc4)cc(N(c4ccccc4)c4ccc5ccccc5c4)c3)cc21. The molecule has 1 fully saturated rings. The molecule has 334 valence electrons. The second-order valence-corrected chi connectivity index (χ2v) is 19.6. The standard InChI is InChI=1S/C67H56N2/c1-67(2)64-33-18-17-30-62(64)63-41-40-57(46-65(63)67)69(55-37-34-49(35-38-55)47-20-7-3-8-21-47)59-44-53(66-60(50-23-9-4-10-24-50)31-19-32-61(66)51-25-11-5-12-26-51)43-58(45-59)68(54-28-13-6-14-29-54)56-39-36-48-22-15-16-27-52(48)42-56/h4-6,9-19,22-47H,3,7-8,20-21H2,1-2H3. The van der Waals surface area contributed by atoms with Gasteiger partial charge in [0.05, 0.1) is 0 Å². The summed E-state index contributed by atoms with van der Waals surface area (Å²) in [6, 6.07) is 88.1. The third-order valence-electron chi connectivity index (χ3n) is 15.0. The van der Waals surface area contributed by atoms with E-state index in [1.54, 1.807) is 0 Å². The van der Waals surface area contributed by atoms with Gasteiger partial charge in [0, 0.05) is 39.5 Å². The van der Waals surface area contributed by atoms with Gasteiger partial charge in [0.2, 0.25) is 0 Å². The third-order valence-corrected chi connectivity index (χ3v) is 15.0. The lowest BCUT2D eigenvalue weighted by atomic mass is 9.82.